The van der Waals surface area contributed by atoms with E-state index >= 15 is 0 Å². The van der Waals surface area contributed by atoms with Crippen molar-refractivity contribution < 1.29 is 4.79 Å². The minimum absolute atomic E-state index is 0.0157. The Hall–Kier alpha value is -1.40. The molecular formula is C17H17IN2O. The van der Waals surface area contributed by atoms with Gasteiger partial charge in [0.05, 0.1) is 0 Å². The highest BCUT2D eigenvalue weighted by molar-refractivity contribution is 14.1. The number of carbonyl (C=O) groups excluding carboxylic acids is 1. The lowest BCUT2D eigenvalue weighted by molar-refractivity contribution is 0.102. The van der Waals surface area contributed by atoms with E-state index in [2.05, 4.69) is 45.4 Å². The molecule has 0 aliphatic carbocycles. The van der Waals surface area contributed by atoms with Crippen molar-refractivity contribution in [3.63, 3.8) is 0 Å². The maximum atomic E-state index is 12.6. The Bertz CT molecular complexity index is 697. The van der Waals surface area contributed by atoms with Gasteiger partial charge in [-0.05, 0) is 83.4 Å². The summed E-state index contributed by atoms with van der Waals surface area (Å²) in [6, 6.07) is 12.0. The van der Waals surface area contributed by atoms with E-state index in [1.165, 1.54) is 14.7 Å². The van der Waals surface area contributed by atoms with Crippen molar-refractivity contribution >= 4 is 34.2 Å². The van der Waals surface area contributed by atoms with Gasteiger partial charge in [-0.2, -0.15) is 0 Å². The SMILES string of the molecule is Cc1cc(I)ccc1NC(=O)c1cccc2c1CCNC2. The molecule has 0 atom stereocenters. The first-order chi connectivity index (χ1) is 10.1. The van der Waals surface area contributed by atoms with Gasteiger partial charge in [-0.15, -0.1) is 0 Å². The number of rotatable bonds is 2. The average Bonchev–Trinajstić information content (AvgIpc) is 2.49. The molecule has 108 valence electrons. The molecule has 2 aromatic carbocycles. The Balaban J connectivity index is 1.89. The van der Waals surface area contributed by atoms with Crippen LogP contribution in [0.15, 0.2) is 36.4 Å². The summed E-state index contributed by atoms with van der Waals surface area (Å²) >= 11 is 2.28. The number of fused-ring (bicyclic) bond motifs is 1. The van der Waals surface area contributed by atoms with E-state index in [-0.39, 0.29) is 5.91 Å². The summed E-state index contributed by atoms with van der Waals surface area (Å²) in [5, 5.41) is 6.38. The molecule has 2 aromatic rings. The van der Waals surface area contributed by atoms with Crippen LogP contribution in [0.4, 0.5) is 5.69 Å². The van der Waals surface area contributed by atoms with Crippen LogP contribution in [0.2, 0.25) is 0 Å². The monoisotopic (exact) mass is 392 g/mol. The third kappa shape index (κ3) is 3.11. The third-order valence-corrected chi connectivity index (χ3v) is 4.49. The lowest BCUT2D eigenvalue weighted by Gasteiger charge is -2.20. The highest BCUT2D eigenvalue weighted by atomic mass is 127. The molecule has 0 aromatic heterocycles. The van der Waals surface area contributed by atoms with E-state index in [4.69, 9.17) is 0 Å². The zero-order valence-electron chi connectivity index (χ0n) is 11.9. The van der Waals surface area contributed by atoms with Gasteiger partial charge in [0.1, 0.15) is 0 Å². The van der Waals surface area contributed by atoms with Crippen molar-refractivity contribution in [2.75, 3.05) is 11.9 Å². The smallest absolute Gasteiger partial charge is 0.255 e. The summed E-state index contributed by atoms with van der Waals surface area (Å²) in [7, 11) is 0. The van der Waals surface area contributed by atoms with Crippen molar-refractivity contribution in [3.05, 3.63) is 62.2 Å². The number of hydrogen-bond donors (Lipinski definition) is 2. The van der Waals surface area contributed by atoms with Crippen molar-refractivity contribution in [2.45, 2.75) is 19.9 Å². The van der Waals surface area contributed by atoms with Crippen LogP contribution in [0.25, 0.3) is 0 Å². The summed E-state index contributed by atoms with van der Waals surface area (Å²) in [6.45, 7) is 3.79. The van der Waals surface area contributed by atoms with Crippen molar-refractivity contribution in [1.82, 2.24) is 5.32 Å². The van der Waals surface area contributed by atoms with Crippen molar-refractivity contribution in [3.8, 4) is 0 Å². The highest BCUT2D eigenvalue weighted by Gasteiger charge is 2.17. The van der Waals surface area contributed by atoms with Crippen LogP contribution in [0.1, 0.15) is 27.0 Å². The molecule has 0 fully saturated rings. The predicted molar refractivity (Wildman–Crippen MR) is 93.7 cm³/mol. The summed E-state index contributed by atoms with van der Waals surface area (Å²) in [6.07, 6.45) is 0.907. The Kier molecular flexibility index (Phi) is 4.26. The van der Waals surface area contributed by atoms with Gasteiger partial charge in [0.15, 0.2) is 0 Å². The fraction of sp³-hybridized carbons (Fsp3) is 0.235. The van der Waals surface area contributed by atoms with E-state index < -0.39 is 0 Å². The van der Waals surface area contributed by atoms with Crippen molar-refractivity contribution in [2.24, 2.45) is 0 Å². The summed E-state index contributed by atoms with van der Waals surface area (Å²) in [4.78, 5) is 12.6. The fourth-order valence-corrected chi connectivity index (χ4v) is 3.35. The fourth-order valence-electron chi connectivity index (χ4n) is 2.70. The molecule has 0 saturated carbocycles. The van der Waals surface area contributed by atoms with Crippen LogP contribution in [0, 0.1) is 10.5 Å². The molecule has 1 amide bonds. The maximum absolute atomic E-state index is 12.6. The summed E-state index contributed by atoms with van der Waals surface area (Å²) in [5.74, 6) is -0.0157. The highest BCUT2D eigenvalue weighted by Crippen LogP contribution is 2.22. The van der Waals surface area contributed by atoms with Crippen LogP contribution in [0.5, 0.6) is 0 Å². The van der Waals surface area contributed by atoms with Crippen LogP contribution >= 0.6 is 22.6 Å². The van der Waals surface area contributed by atoms with Crippen LogP contribution < -0.4 is 10.6 Å². The van der Waals surface area contributed by atoms with Gasteiger partial charge in [-0.3, -0.25) is 4.79 Å². The number of hydrogen-bond acceptors (Lipinski definition) is 2. The van der Waals surface area contributed by atoms with Crippen LogP contribution in [0.3, 0.4) is 0 Å². The Morgan fingerprint density at radius 2 is 2.14 bits per heavy atom. The average molecular weight is 392 g/mol. The van der Waals surface area contributed by atoms with E-state index in [0.29, 0.717) is 0 Å². The van der Waals surface area contributed by atoms with Gasteiger partial charge in [0, 0.05) is 21.4 Å². The zero-order valence-corrected chi connectivity index (χ0v) is 14.0. The number of anilines is 1. The van der Waals surface area contributed by atoms with Gasteiger partial charge in [-0.1, -0.05) is 12.1 Å². The van der Waals surface area contributed by atoms with Gasteiger partial charge in [-0.25, -0.2) is 0 Å². The third-order valence-electron chi connectivity index (χ3n) is 3.82. The molecule has 0 radical (unpaired) electrons. The molecule has 2 N–H and O–H groups in total. The lowest BCUT2D eigenvalue weighted by atomic mass is 9.95. The molecule has 3 nitrogen and oxygen atoms in total. The molecular weight excluding hydrogens is 375 g/mol. The number of carbonyl (C=O) groups is 1. The van der Waals surface area contributed by atoms with E-state index in [1.54, 1.807) is 0 Å². The molecule has 3 rings (SSSR count). The first-order valence-electron chi connectivity index (χ1n) is 7.04. The number of amides is 1. The van der Waals surface area contributed by atoms with Gasteiger partial charge in [0.2, 0.25) is 0 Å². The first kappa shape index (κ1) is 14.5. The molecule has 4 heteroatoms. The number of halogens is 1. The second kappa shape index (κ2) is 6.15. The molecule has 0 bridgehead atoms. The predicted octanol–water partition coefficient (Wildman–Crippen LogP) is 3.50. The topological polar surface area (TPSA) is 41.1 Å². The second-order valence-corrected chi connectivity index (χ2v) is 6.53. The molecule has 0 spiro atoms. The van der Waals surface area contributed by atoms with Gasteiger partial charge < -0.3 is 10.6 Å². The number of benzene rings is 2. The minimum Gasteiger partial charge on any atom is -0.322 e. The zero-order chi connectivity index (χ0) is 14.8. The lowest BCUT2D eigenvalue weighted by Crippen LogP contribution is -2.26. The van der Waals surface area contributed by atoms with E-state index in [1.807, 2.05) is 31.2 Å². The molecule has 0 unspecified atom stereocenters. The van der Waals surface area contributed by atoms with E-state index in [0.717, 1.165) is 36.3 Å². The number of aryl methyl sites for hydroxylation is 1. The molecule has 1 aliphatic rings. The van der Waals surface area contributed by atoms with E-state index in [9.17, 15) is 4.79 Å². The second-order valence-electron chi connectivity index (χ2n) is 5.28. The molecule has 1 aliphatic heterocycles. The van der Waals surface area contributed by atoms with Gasteiger partial charge >= 0.3 is 0 Å². The largest absolute Gasteiger partial charge is 0.322 e. The quantitative estimate of drug-likeness (QED) is 0.769. The Morgan fingerprint density at radius 3 is 2.95 bits per heavy atom. The van der Waals surface area contributed by atoms with Crippen LogP contribution in [-0.2, 0) is 13.0 Å². The van der Waals surface area contributed by atoms with Gasteiger partial charge in [0.25, 0.3) is 5.91 Å². The summed E-state index contributed by atoms with van der Waals surface area (Å²) in [5.41, 5.74) is 5.17. The number of nitrogens with one attached hydrogen (secondary N) is 2. The first-order valence-corrected chi connectivity index (χ1v) is 8.12. The summed E-state index contributed by atoms with van der Waals surface area (Å²) < 4.78 is 1.17. The standard InChI is InChI=1S/C17H17IN2O/c1-11-9-13(18)5-6-16(11)20-17(21)15-4-2-3-12-10-19-8-7-14(12)15/h2-6,9,19H,7-8,10H2,1H3,(H,20,21). The Morgan fingerprint density at radius 1 is 1.29 bits per heavy atom. The van der Waals surface area contributed by atoms with Crippen molar-refractivity contribution in [1.29, 1.82) is 0 Å². The van der Waals surface area contributed by atoms with Crippen LogP contribution in [-0.4, -0.2) is 12.5 Å². The molecule has 21 heavy (non-hydrogen) atoms. The Labute approximate surface area is 138 Å². The molecule has 0 saturated heterocycles. The molecule has 1 heterocycles. The maximum Gasteiger partial charge on any atom is 0.255 e. The minimum atomic E-state index is -0.0157. The normalized spacial score (nSPS) is 13.6.